The number of aromatic nitrogens is 1. The zero-order valence-corrected chi connectivity index (χ0v) is 14.7. The largest absolute Gasteiger partial charge is 0.286 e. The van der Waals surface area contributed by atoms with Crippen LogP contribution in [0.25, 0.3) is 10.8 Å². The summed E-state index contributed by atoms with van der Waals surface area (Å²) < 4.78 is 1.72. The molecule has 0 aliphatic carbocycles. The fourth-order valence-corrected chi connectivity index (χ4v) is 3.22. The molecule has 4 aromatic rings. The Bertz CT molecular complexity index is 1050. The zero-order chi connectivity index (χ0) is 18.6. The van der Waals surface area contributed by atoms with Gasteiger partial charge in [-0.1, -0.05) is 78.9 Å². The van der Waals surface area contributed by atoms with Crippen molar-refractivity contribution in [2.24, 2.45) is 0 Å². The lowest BCUT2D eigenvalue weighted by molar-refractivity contribution is -0.692. The molecule has 3 nitrogen and oxygen atoms in total. The van der Waals surface area contributed by atoms with Gasteiger partial charge < -0.3 is 0 Å². The molecule has 3 heteroatoms. The molecule has 3 aromatic carbocycles. The Morgan fingerprint density at radius 2 is 1.07 bits per heavy atom. The van der Waals surface area contributed by atoms with Crippen LogP contribution < -0.4 is 4.57 Å². The highest BCUT2D eigenvalue weighted by Crippen LogP contribution is 2.18. The van der Waals surface area contributed by atoms with Crippen LogP contribution in [0.15, 0.2) is 103 Å². The van der Waals surface area contributed by atoms with Crippen molar-refractivity contribution < 1.29 is 14.2 Å². The van der Waals surface area contributed by atoms with Gasteiger partial charge in [-0.05, 0) is 11.5 Å². The first-order chi connectivity index (χ1) is 13.2. The Kier molecular flexibility index (Phi) is 4.58. The molecule has 1 heterocycles. The third kappa shape index (κ3) is 3.40. The van der Waals surface area contributed by atoms with Gasteiger partial charge >= 0.3 is 0 Å². The summed E-state index contributed by atoms with van der Waals surface area (Å²) in [4.78, 5) is 26.5. The summed E-state index contributed by atoms with van der Waals surface area (Å²) in [5.74, 6) is -0.436. The van der Waals surface area contributed by atoms with Crippen molar-refractivity contribution in [3.8, 4) is 0 Å². The first-order valence-corrected chi connectivity index (χ1v) is 8.82. The molecule has 0 saturated heterocycles. The Hall–Kier alpha value is -3.59. The van der Waals surface area contributed by atoms with Crippen LogP contribution in [0.5, 0.6) is 0 Å². The second kappa shape index (κ2) is 7.34. The quantitative estimate of drug-likeness (QED) is 0.303. The summed E-state index contributed by atoms with van der Waals surface area (Å²) >= 11 is 0. The highest BCUT2D eigenvalue weighted by atomic mass is 16.2. The van der Waals surface area contributed by atoms with Crippen LogP contribution in [-0.2, 0) is 0 Å². The SMILES string of the molecule is O=C(c1ccccc1)C(C(=O)c1ccccc1)[n+]1ccc2ccccc2c1. The molecule has 130 valence electrons. The van der Waals surface area contributed by atoms with Crippen molar-refractivity contribution in [1.29, 1.82) is 0 Å². The van der Waals surface area contributed by atoms with E-state index >= 15 is 0 Å². The van der Waals surface area contributed by atoms with Crippen LogP contribution in [0.3, 0.4) is 0 Å². The minimum atomic E-state index is -0.945. The number of pyridine rings is 1. The molecule has 0 spiro atoms. The minimum Gasteiger partial charge on any atom is -0.286 e. The lowest BCUT2D eigenvalue weighted by atomic mass is 9.95. The summed E-state index contributed by atoms with van der Waals surface area (Å²) in [6.45, 7) is 0. The normalized spacial score (nSPS) is 10.9. The first-order valence-electron chi connectivity index (χ1n) is 8.82. The van der Waals surface area contributed by atoms with Crippen molar-refractivity contribution in [1.82, 2.24) is 0 Å². The second-order valence-corrected chi connectivity index (χ2v) is 6.38. The summed E-state index contributed by atoms with van der Waals surface area (Å²) in [6, 6.07) is 26.8. The van der Waals surface area contributed by atoms with E-state index in [1.165, 1.54) is 0 Å². The van der Waals surface area contributed by atoms with Gasteiger partial charge in [0, 0.05) is 22.6 Å². The molecule has 0 N–H and O–H groups in total. The van der Waals surface area contributed by atoms with Gasteiger partial charge in [-0.2, -0.15) is 4.57 Å². The number of nitrogens with zero attached hydrogens (tertiary/aromatic N) is 1. The number of carbonyl (C=O) groups is 2. The summed E-state index contributed by atoms with van der Waals surface area (Å²) in [5, 5.41) is 2.04. The highest BCUT2D eigenvalue weighted by Gasteiger charge is 2.36. The lowest BCUT2D eigenvalue weighted by Gasteiger charge is -2.11. The Balaban J connectivity index is 1.84. The van der Waals surface area contributed by atoms with Crippen LogP contribution in [0, 0.1) is 0 Å². The van der Waals surface area contributed by atoms with E-state index in [-0.39, 0.29) is 11.6 Å². The minimum absolute atomic E-state index is 0.218. The third-order valence-corrected chi connectivity index (χ3v) is 4.62. The highest BCUT2D eigenvalue weighted by molar-refractivity contribution is 6.16. The van der Waals surface area contributed by atoms with Crippen molar-refractivity contribution in [3.63, 3.8) is 0 Å². The molecule has 0 unspecified atom stereocenters. The molecule has 0 bridgehead atoms. The fourth-order valence-electron chi connectivity index (χ4n) is 3.22. The van der Waals surface area contributed by atoms with E-state index in [0.29, 0.717) is 11.1 Å². The van der Waals surface area contributed by atoms with Gasteiger partial charge in [0.1, 0.15) is 0 Å². The van der Waals surface area contributed by atoms with Crippen LogP contribution in [-0.4, -0.2) is 11.6 Å². The maximum Gasteiger partial charge on any atom is 0.283 e. The van der Waals surface area contributed by atoms with Crippen molar-refractivity contribution >= 4 is 22.3 Å². The monoisotopic (exact) mass is 352 g/mol. The van der Waals surface area contributed by atoms with E-state index in [2.05, 4.69) is 0 Å². The molecule has 0 saturated carbocycles. The van der Waals surface area contributed by atoms with Gasteiger partial charge in [0.25, 0.3) is 6.04 Å². The predicted molar refractivity (Wildman–Crippen MR) is 105 cm³/mol. The average Bonchev–Trinajstić information content (AvgIpc) is 2.75. The Morgan fingerprint density at radius 3 is 1.63 bits per heavy atom. The summed E-state index contributed by atoms with van der Waals surface area (Å²) in [6.07, 6.45) is 3.66. The van der Waals surface area contributed by atoms with Gasteiger partial charge in [0.2, 0.25) is 11.6 Å². The van der Waals surface area contributed by atoms with E-state index in [1.54, 1.807) is 35.0 Å². The molecule has 27 heavy (non-hydrogen) atoms. The van der Waals surface area contributed by atoms with Gasteiger partial charge in [-0.15, -0.1) is 0 Å². The maximum atomic E-state index is 13.3. The van der Waals surface area contributed by atoms with Gasteiger partial charge in [0.15, 0.2) is 12.4 Å². The standard InChI is InChI=1S/C24H18NO2/c26-23(19-10-3-1-4-11-19)22(24(27)20-12-5-2-6-13-20)25-16-15-18-9-7-8-14-21(18)17-25/h1-17,22H/q+1. The number of benzene rings is 3. The molecule has 0 aliphatic rings. The molecular formula is C24H18NO2+. The van der Waals surface area contributed by atoms with Crippen LogP contribution in [0.4, 0.5) is 0 Å². The fraction of sp³-hybridized carbons (Fsp3) is 0.0417. The van der Waals surface area contributed by atoms with E-state index in [4.69, 9.17) is 0 Å². The molecule has 0 fully saturated rings. The molecule has 0 aliphatic heterocycles. The van der Waals surface area contributed by atoms with Crippen LogP contribution >= 0.6 is 0 Å². The van der Waals surface area contributed by atoms with Crippen LogP contribution in [0.2, 0.25) is 0 Å². The number of Topliss-reactive ketones (excluding diaryl/α,β-unsaturated/α-hetero) is 2. The number of rotatable bonds is 5. The van der Waals surface area contributed by atoms with Crippen LogP contribution in [0.1, 0.15) is 26.8 Å². The Morgan fingerprint density at radius 1 is 0.593 bits per heavy atom. The summed E-state index contributed by atoms with van der Waals surface area (Å²) in [7, 11) is 0. The topological polar surface area (TPSA) is 38.0 Å². The second-order valence-electron chi connectivity index (χ2n) is 6.38. The van der Waals surface area contributed by atoms with Crippen molar-refractivity contribution in [2.75, 3.05) is 0 Å². The van der Waals surface area contributed by atoms with Gasteiger partial charge in [-0.25, -0.2) is 0 Å². The number of hydrogen-bond donors (Lipinski definition) is 0. The lowest BCUT2D eigenvalue weighted by Crippen LogP contribution is -2.48. The number of ketones is 2. The van der Waals surface area contributed by atoms with Crippen molar-refractivity contribution in [3.05, 3.63) is 115 Å². The van der Waals surface area contributed by atoms with E-state index in [9.17, 15) is 9.59 Å². The van der Waals surface area contributed by atoms with Crippen molar-refractivity contribution in [2.45, 2.75) is 6.04 Å². The number of hydrogen-bond acceptors (Lipinski definition) is 2. The zero-order valence-electron chi connectivity index (χ0n) is 14.7. The smallest absolute Gasteiger partial charge is 0.283 e. The number of fused-ring (bicyclic) bond motifs is 1. The van der Waals surface area contributed by atoms with E-state index < -0.39 is 6.04 Å². The first kappa shape index (κ1) is 16.9. The third-order valence-electron chi connectivity index (χ3n) is 4.62. The van der Waals surface area contributed by atoms with E-state index in [1.807, 2.05) is 72.9 Å². The summed E-state index contributed by atoms with van der Waals surface area (Å²) in [5.41, 5.74) is 1.04. The molecule has 0 amide bonds. The molecule has 1 aromatic heterocycles. The van der Waals surface area contributed by atoms with Gasteiger partial charge in [0.05, 0.1) is 0 Å². The number of carbonyl (C=O) groups excluding carboxylic acids is 2. The Labute approximate surface area is 157 Å². The molecule has 0 radical (unpaired) electrons. The maximum absolute atomic E-state index is 13.3. The average molecular weight is 352 g/mol. The molecule has 4 rings (SSSR count). The molecule has 0 atom stereocenters. The molecular weight excluding hydrogens is 334 g/mol. The van der Waals surface area contributed by atoms with Gasteiger partial charge in [-0.3, -0.25) is 9.59 Å². The predicted octanol–water partition coefficient (Wildman–Crippen LogP) is 4.43. The van der Waals surface area contributed by atoms with E-state index in [0.717, 1.165) is 10.8 Å².